The molecule has 0 heterocycles. The number of hydrogen-bond acceptors (Lipinski definition) is 4. The van der Waals surface area contributed by atoms with Crippen molar-refractivity contribution >= 4 is 5.91 Å². The van der Waals surface area contributed by atoms with Crippen molar-refractivity contribution in [3.05, 3.63) is 24.3 Å². The normalized spacial score (nSPS) is 10.9. The van der Waals surface area contributed by atoms with E-state index in [0.717, 1.165) is 5.75 Å². The van der Waals surface area contributed by atoms with E-state index in [4.69, 9.17) is 9.47 Å². The van der Waals surface area contributed by atoms with Crippen LogP contribution in [0.2, 0.25) is 0 Å². The molecule has 0 bridgehead atoms. The Kier molecular flexibility index (Phi) is 4.97. The Morgan fingerprint density at radius 3 is 2.33 bits per heavy atom. The van der Waals surface area contributed by atoms with E-state index in [1.54, 1.807) is 45.2 Å². The smallest absolute Gasteiger partial charge is 0.258 e. The van der Waals surface area contributed by atoms with E-state index in [1.165, 1.54) is 0 Å². The first-order chi connectivity index (χ1) is 8.40. The Labute approximate surface area is 107 Å². The third-order valence-corrected chi connectivity index (χ3v) is 2.15. The van der Waals surface area contributed by atoms with Gasteiger partial charge < -0.3 is 19.9 Å². The predicted octanol–water partition coefficient (Wildman–Crippen LogP) is 0.961. The second-order valence-corrected chi connectivity index (χ2v) is 4.55. The SMILES string of the molecule is COc1ccc(OCC(=O)NCC(C)(C)O)cc1. The van der Waals surface area contributed by atoms with Crippen LogP contribution < -0.4 is 14.8 Å². The van der Waals surface area contributed by atoms with Gasteiger partial charge in [0, 0.05) is 6.54 Å². The van der Waals surface area contributed by atoms with Crippen molar-refractivity contribution in [1.29, 1.82) is 0 Å². The minimum absolute atomic E-state index is 0.0809. The molecule has 0 saturated carbocycles. The van der Waals surface area contributed by atoms with Crippen LogP contribution in [0.5, 0.6) is 11.5 Å². The molecular formula is C13H19NO4. The van der Waals surface area contributed by atoms with Gasteiger partial charge in [-0.2, -0.15) is 0 Å². The summed E-state index contributed by atoms with van der Waals surface area (Å²) >= 11 is 0. The highest BCUT2D eigenvalue weighted by atomic mass is 16.5. The highest BCUT2D eigenvalue weighted by Gasteiger charge is 2.13. The molecule has 5 nitrogen and oxygen atoms in total. The van der Waals surface area contributed by atoms with Crippen LogP contribution >= 0.6 is 0 Å². The van der Waals surface area contributed by atoms with Crippen LogP contribution in [-0.4, -0.2) is 36.9 Å². The van der Waals surface area contributed by atoms with Gasteiger partial charge in [0.15, 0.2) is 6.61 Å². The molecule has 0 fully saturated rings. The number of amides is 1. The number of hydrogen-bond donors (Lipinski definition) is 2. The molecule has 0 aliphatic heterocycles. The Balaban J connectivity index is 2.33. The van der Waals surface area contributed by atoms with E-state index < -0.39 is 5.60 Å². The summed E-state index contributed by atoms with van der Waals surface area (Å²) in [6, 6.07) is 6.96. The fraction of sp³-hybridized carbons (Fsp3) is 0.462. The molecule has 0 aliphatic carbocycles. The quantitative estimate of drug-likeness (QED) is 0.792. The van der Waals surface area contributed by atoms with Gasteiger partial charge in [-0.3, -0.25) is 4.79 Å². The van der Waals surface area contributed by atoms with E-state index >= 15 is 0 Å². The van der Waals surface area contributed by atoms with Crippen LogP contribution in [0.4, 0.5) is 0 Å². The molecule has 2 N–H and O–H groups in total. The molecule has 0 saturated heterocycles. The molecule has 1 amide bonds. The van der Waals surface area contributed by atoms with Crippen molar-refractivity contribution in [3.8, 4) is 11.5 Å². The Hall–Kier alpha value is -1.75. The van der Waals surface area contributed by atoms with Crippen molar-refractivity contribution in [2.75, 3.05) is 20.3 Å². The van der Waals surface area contributed by atoms with Gasteiger partial charge in [0.25, 0.3) is 5.91 Å². The lowest BCUT2D eigenvalue weighted by Crippen LogP contribution is -2.40. The molecule has 100 valence electrons. The van der Waals surface area contributed by atoms with Crippen LogP contribution in [-0.2, 0) is 4.79 Å². The molecule has 0 unspecified atom stereocenters. The minimum atomic E-state index is -0.921. The van der Waals surface area contributed by atoms with Gasteiger partial charge in [0.05, 0.1) is 12.7 Å². The van der Waals surface area contributed by atoms with Gasteiger partial charge >= 0.3 is 0 Å². The third kappa shape index (κ3) is 5.54. The average Bonchev–Trinajstić information content (AvgIpc) is 2.33. The van der Waals surface area contributed by atoms with Crippen LogP contribution in [0.3, 0.4) is 0 Å². The molecular weight excluding hydrogens is 234 g/mol. The van der Waals surface area contributed by atoms with Gasteiger partial charge in [-0.25, -0.2) is 0 Å². The van der Waals surface area contributed by atoms with Crippen molar-refractivity contribution < 1.29 is 19.4 Å². The lowest BCUT2D eigenvalue weighted by Gasteiger charge is -2.17. The summed E-state index contributed by atoms with van der Waals surface area (Å²) in [4.78, 5) is 11.4. The van der Waals surface area contributed by atoms with Gasteiger partial charge in [0.2, 0.25) is 0 Å². The number of rotatable bonds is 6. The highest BCUT2D eigenvalue weighted by Crippen LogP contribution is 2.16. The largest absolute Gasteiger partial charge is 0.497 e. The number of methoxy groups -OCH3 is 1. The average molecular weight is 253 g/mol. The number of carbonyl (C=O) groups excluding carboxylic acids is 1. The van der Waals surface area contributed by atoms with E-state index in [1.807, 2.05) is 0 Å². The van der Waals surface area contributed by atoms with Crippen LogP contribution in [0.1, 0.15) is 13.8 Å². The zero-order valence-electron chi connectivity index (χ0n) is 10.9. The Morgan fingerprint density at radius 1 is 1.28 bits per heavy atom. The Bertz CT molecular complexity index is 381. The third-order valence-electron chi connectivity index (χ3n) is 2.15. The first-order valence-electron chi connectivity index (χ1n) is 5.66. The fourth-order valence-electron chi connectivity index (χ4n) is 1.19. The van der Waals surface area contributed by atoms with Gasteiger partial charge in [-0.05, 0) is 38.1 Å². The van der Waals surface area contributed by atoms with E-state index in [2.05, 4.69) is 5.32 Å². The summed E-state index contributed by atoms with van der Waals surface area (Å²) < 4.78 is 10.3. The molecule has 1 rings (SSSR count). The standard InChI is InChI=1S/C13H19NO4/c1-13(2,16)9-14-12(15)8-18-11-6-4-10(17-3)5-7-11/h4-7,16H,8-9H2,1-3H3,(H,14,15). The van der Waals surface area contributed by atoms with Crippen molar-refractivity contribution in [3.63, 3.8) is 0 Å². The maximum Gasteiger partial charge on any atom is 0.258 e. The monoisotopic (exact) mass is 253 g/mol. The highest BCUT2D eigenvalue weighted by molar-refractivity contribution is 5.77. The molecule has 0 radical (unpaired) electrons. The van der Waals surface area contributed by atoms with Crippen molar-refractivity contribution in [2.24, 2.45) is 0 Å². The minimum Gasteiger partial charge on any atom is -0.497 e. The van der Waals surface area contributed by atoms with E-state index in [9.17, 15) is 9.90 Å². The zero-order valence-corrected chi connectivity index (χ0v) is 10.9. The lowest BCUT2D eigenvalue weighted by molar-refractivity contribution is -0.124. The molecule has 18 heavy (non-hydrogen) atoms. The van der Waals surface area contributed by atoms with E-state index in [0.29, 0.717) is 5.75 Å². The number of benzene rings is 1. The van der Waals surface area contributed by atoms with Crippen LogP contribution in [0.25, 0.3) is 0 Å². The van der Waals surface area contributed by atoms with E-state index in [-0.39, 0.29) is 19.1 Å². The zero-order chi connectivity index (χ0) is 13.6. The second kappa shape index (κ2) is 6.26. The van der Waals surface area contributed by atoms with Crippen LogP contribution in [0.15, 0.2) is 24.3 Å². The fourth-order valence-corrected chi connectivity index (χ4v) is 1.19. The molecule has 5 heteroatoms. The summed E-state index contributed by atoms with van der Waals surface area (Å²) in [5.74, 6) is 1.05. The molecule has 0 atom stereocenters. The predicted molar refractivity (Wildman–Crippen MR) is 67.8 cm³/mol. The summed E-state index contributed by atoms with van der Waals surface area (Å²) in [5, 5.41) is 12.0. The maximum atomic E-state index is 11.4. The lowest BCUT2D eigenvalue weighted by atomic mass is 10.1. The molecule has 1 aromatic rings. The Morgan fingerprint density at radius 2 is 1.83 bits per heavy atom. The summed E-state index contributed by atoms with van der Waals surface area (Å²) in [7, 11) is 1.58. The summed E-state index contributed by atoms with van der Waals surface area (Å²) in [6.45, 7) is 3.36. The number of ether oxygens (including phenoxy) is 2. The molecule has 0 spiro atoms. The topological polar surface area (TPSA) is 67.8 Å². The van der Waals surface area contributed by atoms with Crippen LogP contribution in [0, 0.1) is 0 Å². The van der Waals surface area contributed by atoms with Gasteiger partial charge in [0.1, 0.15) is 11.5 Å². The number of aliphatic hydroxyl groups is 1. The number of nitrogens with one attached hydrogen (secondary N) is 1. The van der Waals surface area contributed by atoms with Crippen molar-refractivity contribution in [2.45, 2.75) is 19.4 Å². The summed E-state index contributed by atoms with van der Waals surface area (Å²) in [6.07, 6.45) is 0. The molecule has 0 aliphatic rings. The van der Waals surface area contributed by atoms with Gasteiger partial charge in [-0.15, -0.1) is 0 Å². The molecule has 1 aromatic carbocycles. The first-order valence-corrected chi connectivity index (χ1v) is 5.66. The first kappa shape index (κ1) is 14.3. The van der Waals surface area contributed by atoms with Crippen molar-refractivity contribution in [1.82, 2.24) is 5.32 Å². The number of carbonyl (C=O) groups is 1. The van der Waals surface area contributed by atoms with Gasteiger partial charge in [-0.1, -0.05) is 0 Å². The molecule has 0 aromatic heterocycles. The maximum absolute atomic E-state index is 11.4. The second-order valence-electron chi connectivity index (χ2n) is 4.55. The summed E-state index contributed by atoms with van der Waals surface area (Å²) in [5.41, 5.74) is -0.921.